The second-order valence-electron chi connectivity index (χ2n) is 6.65. The van der Waals surface area contributed by atoms with Crippen molar-refractivity contribution in [3.8, 4) is 5.75 Å². The van der Waals surface area contributed by atoms with Crippen molar-refractivity contribution in [2.75, 3.05) is 20.3 Å². The third-order valence-electron chi connectivity index (χ3n) is 4.68. The predicted octanol–water partition coefficient (Wildman–Crippen LogP) is 3.73. The number of likely N-dealkylation sites (N-methyl/N-ethyl adjacent to an activating group) is 1. The molecular weight excluding hydrogens is 375 g/mol. The molecule has 2 amide bonds. The zero-order valence-electron chi connectivity index (χ0n) is 16.6. The molecule has 1 heterocycles. The smallest absolute Gasteiger partial charge is 0.338 e. The number of para-hydroxylation sites is 1. The summed E-state index contributed by atoms with van der Waals surface area (Å²) < 4.78 is 24.8. The van der Waals surface area contributed by atoms with Crippen LogP contribution in [-0.4, -0.2) is 37.2 Å². The van der Waals surface area contributed by atoms with E-state index in [1.54, 1.807) is 19.1 Å². The zero-order valence-corrected chi connectivity index (χ0v) is 16.6. The van der Waals surface area contributed by atoms with Crippen molar-refractivity contribution in [1.82, 2.24) is 10.2 Å². The van der Waals surface area contributed by atoms with Crippen LogP contribution < -0.4 is 10.1 Å². The summed E-state index contributed by atoms with van der Waals surface area (Å²) in [6, 6.07) is 12.4. The van der Waals surface area contributed by atoms with Gasteiger partial charge in [-0.25, -0.2) is 14.0 Å². The Labute approximate surface area is 168 Å². The van der Waals surface area contributed by atoms with Crippen molar-refractivity contribution in [1.29, 1.82) is 0 Å². The third-order valence-corrected chi connectivity index (χ3v) is 4.68. The zero-order chi connectivity index (χ0) is 21.0. The van der Waals surface area contributed by atoms with E-state index < -0.39 is 23.9 Å². The van der Waals surface area contributed by atoms with Crippen molar-refractivity contribution >= 4 is 12.0 Å². The molecule has 1 N–H and O–H groups in total. The maximum absolute atomic E-state index is 13.9. The number of amides is 2. The molecule has 0 aromatic heterocycles. The Morgan fingerprint density at radius 1 is 1.17 bits per heavy atom. The Kier molecular flexibility index (Phi) is 6.16. The van der Waals surface area contributed by atoms with E-state index in [-0.39, 0.29) is 24.5 Å². The summed E-state index contributed by atoms with van der Waals surface area (Å²) in [7, 11) is 1.53. The normalized spacial score (nSPS) is 16.5. The molecule has 152 valence electrons. The van der Waals surface area contributed by atoms with Gasteiger partial charge in [0, 0.05) is 7.05 Å². The van der Waals surface area contributed by atoms with E-state index in [2.05, 4.69) is 5.32 Å². The molecule has 6 nitrogen and oxygen atoms in total. The molecular formula is C22H23FN2O4. The van der Waals surface area contributed by atoms with Crippen LogP contribution in [0.15, 0.2) is 59.8 Å². The summed E-state index contributed by atoms with van der Waals surface area (Å²) >= 11 is 0. The van der Waals surface area contributed by atoms with Crippen LogP contribution in [0.2, 0.25) is 0 Å². The second-order valence-corrected chi connectivity index (χ2v) is 6.65. The maximum atomic E-state index is 13.9. The summed E-state index contributed by atoms with van der Waals surface area (Å²) in [5, 5.41) is 2.83. The Hall–Kier alpha value is -3.35. The molecule has 1 aliphatic rings. The van der Waals surface area contributed by atoms with Gasteiger partial charge in [0.05, 0.1) is 23.9 Å². The maximum Gasteiger partial charge on any atom is 0.338 e. The number of carbonyl (C=O) groups excluding carboxylic acids is 2. The lowest BCUT2D eigenvalue weighted by Gasteiger charge is -2.34. The number of carbonyl (C=O) groups is 2. The molecule has 0 spiro atoms. The standard InChI is InChI=1S/C22H23FN2O4/c1-4-28-21(26)19-17(13-29-18-8-6-5-7-16(18)23)25(3)22(27)24-20(19)15-11-9-14(2)10-12-15/h5-12,20H,4,13H2,1-3H3,(H,24,27)/t20-/m0/s1. The van der Waals surface area contributed by atoms with Gasteiger partial charge in [0.15, 0.2) is 11.6 Å². The van der Waals surface area contributed by atoms with Gasteiger partial charge in [-0.2, -0.15) is 0 Å². The van der Waals surface area contributed by atoms with Gasteiger partial charge in [-0.1, -0.05) is 42.0 Å². The van der Waals surface area contributed by atoms with Crippen molar-refractivity contribution < 1.29 is 23.5 Å². The summed E-state index contributed by atoms with van der Waals surface area (Å²) in [4.78, 5) is 26.6. The van der Waals surface area contributed by atoms with Gasteiger partial charge in [-0.3, -0.25) is 4.90 Å². The number of hydrogen-bond donors (Lipinski definition) is 1. The highest BCUT2D eigenvalue weighted by atomic mass is 19.1. The molecule has 0 bridgehead atoms. The van der Waals surface area contributed by atoms with E-state index in [0.717, 1.165) is 11.1 Å². The number of nitrogens with one attached hydrogen (secondary N) is 1. The lowest BCUT2D eigenvalue weighted by atomic mass is 9.94. The van der Waals surface area contributed by atoms with Crippen LogP contribution in [-0.2, 0) is 9.53 Å². The molecule has 0 fully saturated rings. The first-order chi connectivity index (χ1) is 13.9. The summed E-state index contributed by atoms with van der Waals surface area (Å²) in [5.41, 5.74) is 2.37. The van der Waals surface area contributed by atoms with Gasteiger partial charge in [-0.05, 0) is 31.5 Å². The lowest BCUT2D eigenvalue weighted by Crippen LogP contribution is -2.48. The molecule has 0 radical (unpaired) electrons. The van der Waals surface area contributed by atoms with Gasteiger partial charge in [0.25, 0.3) is 0 Å². The summed E-state index contributed by atoms with van der Waals surface area (Å²) in [6.45, 7) is 3.68. The average molecular weight is 398 g/mol. The Morgan fingerprint density at radius 2 is 1.86 bits per heavy atom. The largest absolute Gasteiger partial charge is 0.484 e. The highest BCUT2D eigenvalue weighted by molar-refractivity contribution is 5.95. The fourth-order valence-electron chi connectivity index (χ4n) is 3.10. The summed E-state index contributed by atoms with van der Waals surface area (Å²) in [6.07, 6.45) is 0. The van der Waals surface area contributed by atoms with E-state index in [4.69, 9.17) is 9.47 Å². The molecule has 0 aliphatic carbocycles. The fourth-order valence-corrected chi connectivity index (χ4v) is 3.10. The topological polar surface area (TPSA) is 67.9 Å². The van der Waals surface area contributed by atoms with Crippen molar-refractivity contribution in [2.24, 2.45) is 0 Å². The van der Waals surface area contributed by atoms with Gasteiger partial charge >= 0.3 is 12.0 Å². The Morgan fingerprint density at radius 3 is 2.52 bits per heavy atom. The number of aryl methyl sites for hydroxylation is 1. The van der Waals surface area contributed by atoms with Crippen molar-refractivity contribution in [3.63, 3.8) is 0 Å². The quantitative estimate of drug-likeness (QED) is 0.753. The number of nitrogens with zero attached hydrogens (tertiary/aromatic N) is 1. The second kappa shape index (κ2) is 8.77. The fraction of sp³-hybridized carbons (Fsp3) is 0.273. The Balaban J connectivity index is 2.04. The molecule has 7 heteroatoms. The van der Waals surface area contributed by atoms with Crippen LogP contribution >= 0.6 is 0 Å². The average Bonchev–Trinajstić information content (AvgIpc) is 2.70. The molecule has 2 aromatic rings. The first-order valence-electron chi connectivity index (χ1n) is 9.30. The molecule has 29 heavy (non-hydrogen) atoms. The van der Waals surface area contributed by atoms with Crippen LogP contribution in [0.25, 0.3) is 0 Å². The van der Waals surface area contributed by atoms with Gasteiger partial charge in [0.1, 0.15) is 6.61 Å². The third kappa shape index (κ3) is 4.39. The number of halogens is 1. The lowest BCUT2D eigenvalue weighted by molar-refractivity contribution is -0.139. The van der Waals surface area contributed by atoms with E-state index in [9.17, 15) is 14.0 Å². The number of rotatable bonds is 6. The van der Waals surface area contributed by atoms with E-state index in [1.807, 2.05) is 31.2 Å². The first-order valence-corrected chi connectivity index (χ1v) is 9.30. The van der Waals surface area contributed by atoms with Gasteiger partial charge in [-0.15, -0.1) is 0 Å². The SMILES string of the molecule is CCOC(=O)C1=C(COc2ccccc2F)N(C)C(=O)N[C@H]1c1ccc(C)cc1. The number of ether oxygens (including phenoxy) is 2. The molecule has 1 aliphatic heterocycles. The van der Waals surface area contributed by atoms with E-state index in [0.29, 0.717) is 5.70 Å². The van der Waals surface area contributed by atoms with Crippen molar-refractivity contribution in [3.05, 3.63) is 76.7 Å². The molecule has 2 aromatic carbocycles. The highest BCUT2D eigenvalue weighted by Crippen LogP contribution is 2.31. The number of esters is 1. The van der Waals surface area contributed by atoms with Crippen LogP contribution in [0.1, 0.15) is 24.1 Å². The van der Waals surface area contributed by atoms with Gasteiger partial charge in [0.2, 0.25) is 0 Å². The predicted molar refractivity (Wildman–Crippen MR) is 106 cm³/mol. The first kappa shape index (κ1) is 20.4. The molecule has 0 saturated heterocycles. The minimum Gasteiger partial charge on any atom is -0.484 e. The van der Waals surface area contributed by atoms with Crippen LogP contribution in [0, 0.1) is 12.7 Å². The minimum absolute atomic E-state index is 0.0366. The van der Waals surface area contributed by atoms with Crippen LogP contribution in [0.4, 0.5) is 9.18 Å². The summed E-state index contributed by atoms with van der Waals surface area (Å²) in [5.74, 6) is -1.05. The minimum atomic E-state index is -0.697. The molecule has 0 saturated carbocycles. The van der Waals surface area contributed by atoms with Crippen LogP contribution in [0.5, 0.6) is 5.75 Å². The van der Waals surface area contributed by atoms with Crippen LogP contribution in [0.3, 0.4) is 0 Å². The number of urea groups is 1. The van der Waals surface area contributed by atoms with E-state index >= 15 is 0 Å². The number of benzene rings is 2. The Bertz CT molecular complexity index is 940. The highest BCUT2D eigenvalue weighted by Gasteiger charge is 2.37. The monoisotopic (exact) mass is 398 g/mol. The molecule has 0 unspecified atom stereocenters. The van der Waals surface area contributed by atoms with Gasteiger partial charge < -0.3 is 14.8 Å². The van der Waals surface area contributed by atoms with Crippen molar-refractivity contribution in [2.45, 2.75) is 19.9 Å². The van der Waals surface area contributed by atoms with E-state index in [1.165, 1.54) is 24.1 Å². The molecule has 1 atom stereocenters. The molecule has 3 rings (SSSR count). The number of hydrogen-bond acceptors (Lipinski definition) is 4.